The molecule has 0 radical (unpaired) electrons. The normalized spacial score (nSPS) is 17.1. The summed E-state index contributed by atoms with van der Waals surface area (Å²) in [6.45, 7) is 4.70. The Hall–Kier alpha value is -1.43. The Kier molecular flexibility index (Phi) is 2.45. The van der Waals surface area contributed by atoms with Crippen LogP contribution in [-0.2, 0) is 4.74 Å². The average Bonchev–Trinajstić information content (AvgIpc) is 2.23. The average molecular weight is 196 g/mol. The minimum atomic E-state index is -0.405. The molecule has 1 aromatic rings. The van der Waals surface area contributed by atoms with E-state index in [0.717, 1.165) is 18.8 Å². The van der Waals surface area contributed by atoms with Crippen LogP contribution in [0.2, 0.25) is 0 Å². The SMILES string of the molecule is Cc1n[nH]c(=O)nc1N1CCOCC1. The van der Waals surface area contributed by atoms with E-state index in [1.165, 1.54) is 0 Å². The zero-order chi connectivity index (χ0) is 9.97. The van der Waals surface area contributed by atoms with Crippen LogP contribution in [0.1, 0.15) is 5.69 Å². The lowest BCUT2D eigenvalue weighted by molar-refractivity contribution is 0.122. The van der Waals surface area contributed by atoms with Crippen molar-refractivity contribution in [2.45, 2.75) is 6.92 Å². The molecule has 76 valence electrons. The number of H-pyrrole nitrogens is 1. The summed E-state index contributed by atoms with van der Waals surface area (Å²) in [6, 6.07) is 0. The van der Waals surface area contributed by atoms with E-state index in [4.69, 9.17) is 4.74 Å². The number of anilines is 1. The lowest BCUT2D eigenvalue weighted by atomic mass is 10.3. The van der Waals surface area contributed by atoms with Gasteiger partial charge >= 0.3 is 5.69 Å². The van der Waals surface area contributed by atoms with Gasteiger partial charge in [-0.05, 0) is 6.92 Å². The van der Waals surface area contributed by atoms with Gasteiger partial charge in [0.1, 0.15) is 5.69 Å². The molecule has 0 atom stereocenters. The summed E-state index contributed by atoms with van der Waals surface area (Å²) in [5, 5.41) is 6.18. The Labute approximate surface area is 80.9 Å². The van der Waals surface area contributed by atoms with Gasteiger partial charge in [-0.15, -0.1) is 0 Å². The van der Waals surface area contributed by atoms with Gasteiger partial charge in [0.2, 0.25) is 0 Å². The summed E-state index contributed by atoms with van der Waals surface area (Å²) in [5.74, 6) is 0.664. The molecule has 0 aliphatic carbocycles. The lowest BCUT2D eigenvalue weighted by Crippen LogP contribution is -2.38. The van der Waals surface area contributed by atoms with Crippen LogP contribution >= 0.6 is 0 Å². The van der Waals surface area contributed by atoms with Crippen molar-refractivity contribution >= 4 is 5.82 Å². The molecule has 1 saturated heterocycles. The number of aromatic nitrogens is 3. The molecule has 1 aromatic heterocycles. The van der Waals surface area contributed by atoms with Crippen LogP contribution in [0.5, 0.6) is 0 Å². The van der Waals surface area contributed by atoms with Crippen LogP contribution in [0.3, 0.4) is 0 Å². The Bertz CT molecular complexity index is 370. The molecular formula is C8H12N4O2. The Morgan fingerprint density at radius 2 is 2.14 bits per heavy atom. The van der Waals surface area contributed by atoms with Crippen molar-refractivity contribution in [3.05, 3.63) is 16.2 Å². The monoisotopic (exact) mass is 196 g/mol. The fraction of sp³-hybridized carbons (Fsp3) is 0.625. The van der Waals surface area contributed by atoms with Crippen molar-refractivity contribution in [3.8, 4) is 0 Å². The van der Waals surface area contributed by atoms with E-state index in [1.807, 2.05) is 11.8 Å². The number of ether oxygens (including phenoxy) is 1. The Morgan fingerprint density at radius 1 is 1.43 bits per heavy atom. The van der Waals surface area contributed by atoms with Gasteiger partial charge in [-0.25, -0.2) is 9.89 Å². The molecule has 1 aliphatic heterocycles. The zero-order valence-electron chi connectivity index (χ0n) is 7.99. The maximum Gasteiger partial charge on any atom is 0.363 e. The Morgan fingerprint density at radius 3 is 2.86 bits per heavy atom. The number of nitrogens with one attached hydrogen (secondary N) is 1. The van der Waals surface area contributed by atoms with Gasteiger partial charge in [0.15, 0.2) is 5.82 Å². The van der Waals surface area contributed by atoms with E-state index in [-0.39, 0.29) is 0 Å². The summed E-state index contributed by atoms with van der Waals surface area (Å²) in [4.78, 5) is 16.9. The van der Waals surface area contributed by atoms with Crippen LogP contribution in [0, 0.1) is 6.92 Å². The zero-order valence-corrected chi connectivity index (χ0v) is 7.99. The third kappa shape index (κ3) is 1.74. The predicted octanol–water partition coefficient (Wildman–Crippen LogP) is -0.690. The van der Waals surface area contributed by atoms with Crippen LogP contribution in [0.4, 0.5) is 5.82 Å². The fourth-order valence-electron chi connectivity index (χ4n) is 1.46. The number of aryl methyl sites for hydroxylation is 1. The molecule has 0 aromatic carbocycles. The third-order valence-corrected chi connectivity index (χ3v) is 2.16. The molecule has 1 aliphatic rings. The predicted molar refractivity (Wildman–Crippen MR) is 50.4 cm³/mol. The van der Waals surface area contributed by atoms with Gasteiger partial charge in [0.05, 0.1) is 13.2 Å². The highest BCUT2D eigenvalue weighted by atomic mass is 16.5. The molecular weight excluding hydrogens is 184 g/mol. The molecule has 6 nitrogen and oxygen atoms in total. The lowest BCUT2D eigenvalue weighted by Gasteiger charge is -2.27. The highest BCUT2D eigenvalue weighted by Gasteiger charge is 2.15. The van der Waals surface area contributed by atoms with E-state index >= 15 is 0 Å². The molecule has 6 heteroatoms. The molecule has 0 unspecified atom stereocenters. The quantitative estimate of drug-likeness (QED) is 0.643. The standard InChI is InChI=1S/C8H12N4O2/c1-6-7(9-8(13)11-10-6)12-2-4-14-5-3-12/h2-5H2,1H3,(H,9,11,13). The first-order valence-corrected chi connectivity index (χ1v) is 4.53. The fourth-order valence-corrected chi connectivity index (χ4v) is 1.46. The maximum atomic E-state index is 11.0. The smallest absolute Gasteiger partial charge is 0.363 e. The van der Waals surface area contributed by atoms with Gasteiger partial charge < -0.3 is 9.64 Å². The molecule has 0 saturated carbocycles. The summed E-state index contributed by atoms with van der Waals surface area (Å²) < 4.78 is 5.22. The van der Waals surface area contributed by atoms with Crippen LogP contribution in [-0.4, -0.2) is 41.5 Å². The topological polar surface area (TPSA) is 71.1 Å². The van der Waals surface area contributed by atoms with Gasteiger partial charge in [-0.1, -0.05) is 0 Å². The molecule has 1 fully saturated rings. The van der Waals surface area contributed by atoms with E-state index in [9.17, 15) is 4.79 Å². The second kappa shape index (κ2) is 3.75. The van der Waals surface area contributed by atoms with Crippen LogP contribution in [0.15, 0.2) is 4.79 Å². The first-order valence-electron chi connectivity index (χ1n) is 4.53. The first-order chi connectivity index (χ1) is 6.77. The van der Waals surface area contributed by atoms with Crippen molar-refractivity contribution in [3.63, 3.8) is 0 Å². The molecule has 2 rings (SSSR count). The van der Waals surface area contributed by atoms with Crippen molar-refractivity contribution in [2.24, 2.45) is 0 Å². The summed E-state index contributed by atoms with van der Waals surface area (Å²) in [7, 11) is 0. The van der Waals surface area contributed by atoms with E-state index in [1.54, 1.807) is 0 Å². The highest BCUT2D eigenvalue weighted by Crippen LogP contribution is 2.12. The number of aromatic amines is 1. The third-order valence-electron chi connectivity index (χ3n) is 2.16. The number of rotatable bonds is 1. The van der Waals surface area contributed by atoms with Gasteiger partial charge in [-0.3, -0.25) is 0 Å². The van der Waals surface area contributed by atoms with Gasteiger partial charge in [0.25, 0.3) is 0 Å². The van der Waals surface area contributed by atoms with Crippen molar-refractivity contribution in [2.75, 3.05) is 31.2 Å². The largest absolute Gasteiger partial charge is 0.378 e. The highest BCUT2D eigenvalue weighted by molar-refractivity contribution is 5.41. The van der Waals surface area contributed by atoms with Crippen LogP contribution in [0.25, 0.3) is 0 Å². The minimum absolute atomic E-state index is 0.405. The van der Waals surface area contributed by atoms with Crippen molar-refractivity contribution < 1.29 is 4.74 Å². The minimum Gasteiger partial charge on any atom is -0.378 e. The van der Waals surface area contributed by atoms with Gasteiger partial charge in [0, 0.05) is 13.1 Å². The number of hydrogen-bond donors (Lipinski definition) is 1. The van der Waals surface area contributed by atoms with E-state index < -0.39 is 5.69 Å². The summed E-state index contributed by atoms with van der Waals surface area (Å²) in [6.07, 6.45) is 0. The van der Waals surface area contributed by atoms with E-state index in [2.05, 4.69) is 15.2 Å². The molecule has 1 N–H and O–H groups in total. The molecule has 0 amide bonds. The van der Waals surface area contributed by atoms with Crippen LogP contribution < -0.4 is 10.6 Å². The Balaban J connectivity index is 2.29. The summed E-state index contributed by atoms with van der Waals surface area (Å²) in [5.41, 5.74) is 0.337. The number of nitrogens with zero attached hydrogens (tertiary/aromatic N) is 3. The molecule has 2 heterocycles. The van der Waals surface area contributed by atoms with Crippen molar-refractivity contribution in [1.29, 1.82) is 0 Å². The second-order valence-corrected chi connectivity index (χ2v) is 3.15. The van der Waals surface area contributed by atoms with Gasteiger partial charge in [-0.2, -0.15) is 10.1 Å². The number of hydrogen-bond acceptors (Lipinski definition) is 5. The summed E-state index contributed by atoms with van der Waals surface area (Å²) >= 11 is 0. The maximum absolute atomic E-state index is 11.0. The molecule has 0 spiro atoms. The number of morpholine rings is 1. The molecule has 0 bridgehead atoms. The van der Waals surface area contributed by atoms with Crippen molar-refractivity contribution in [1.82, 2.24) is 15.2 Å². The second-order valence-electron chi connectivity index (χ2n) is 3.15. The molecule has 14 heavy (non-hydrogen) atoms. The van der Waals surface area contributed by atoms with E-state index in [0.29, 0.717) is 19.0 Å². The first kappa shape index (κ1) is 9.14.